The van der Waals surface area contributed by atoms with Crippen LogP contribution in [0.5, 0.6) is 17.2 Å². The number of ketones is 1. The molecule has 352 valence electrons. The van der Waals surface area contributed by atoms with E-state index in [1.54, 1.807) is 6.07 Å². The molecule has 7 nitrogen and oxygen atoms in total. The lowest BCUT2D eigenvalue weighted by atomic mass is 9.55. The van der Waals surface area contributed by atoms with Gasteiger partial charge in [-0.25, -0.2) is 0 Å². The van der Waals surface area contributed by atoms with Crippen LogP contribution < -0.4 is 0 Å². The van der Waals surface area contributed by atoms with E-state index in [1.165, 1.54) is 47.9 Å². The van der Waals surface area contributed by atoms with Crippen molar-refractivity contribution in [2.24, 2.45) is 51.8 Å². The van der Waals surface area contributed by atoms with Crippen molar-refractivity contribution in [2.75, 3.05) is 0 Å². The molecule has 0 spiro atoms. The number of aliphatic hydroxyl groups excluding tert-OH is 3. The molecule has 1 unspecified atom stereocenters. The third-order valence-electron chi connectivity index (χ3n) is 19.6. The van der Waals surface area contributed by atoms with E-state index in [0.29, 0.717) is 59.2 Å². The Morgan fingerprint density at radius 1 is 0.574 bits per heavy atom. The van der Waals surface area contributed by atoms with Gasteiger partial charge in [-0.3, -0.25) is 4.79 Å². The number of fused-ring (bicyclic) bond motifs is 15. The van der Waals surface area contributed by atoms with Crippen LogP contribution in [0.1, 0.15) is 182 Å². The van der Waals surface area contributed by atoms with Crippen molar-refractivity contribution in [3.63, 3.8) is 0 Å². The van der Waals surface area contributed by atoms with Crippen LogP contribution in [0, 0.1) is 51.8 Å². The first kappa shape index (κ1) is 39.2. The highest BCUT2D eigenvalue weighted by molar-refractivity contribution is 5.87. The van der Waals surface area contributed by atoms with Crippen LogP contribution in [0.25, 0.3) is 0 Å². The van der Waals surface area contributed by atoms with Crippen LogP contribution in [0.2, 0.25) is 0 Å². The minimum absolute atomic E-state index is 0. The van der Waals surface area contributed by atoms with Crippen molar-refractivity contribution in [1.82, 2.24) is 0 Å². The smallest absolute Gasteiger partial charge is 0.139 e. The van der Waals surface area contributed by atoms with Crippen molar-refractivity contribution < 1.29 is 55.3 Å². The topological polar surface area (TPSA) is 138 Å². The van der Waals surface area contributed by atoms with E-state index in [2.05, 4.69) is 32.9 Å². The summed E-state index contributed by atoms with van der Waals surface area (Å²) in [6.07, 6.45) is 15.9. The molecule has 6 fully saturated rings. The van der Waals surface area contributed by atoms with E-state index in [4.69, 9.17) is 2.74 Å². The number of aromatic hydroxyl groups is 3. The van der Waals surface area contributed by atoms with Crippen LogP contribution in [0.4, 0.5) is 0 Å². The molecule has 6 N–H and O–H groups in total. The van der Waals surface area contributed by atoms with Crippen LogP contribution in [0.15, 0.2) is 54.5 Å². The highest BCUT2D eigenvalue weighted by atomic mass is 16.4. The van der Waals surface area contributed by atoms with Gasteiger partial charge in [0.25, 0.3) is 0 Å². The fourth-order valence-electron chi connectivity index (χ4n) is 16.3. The molecule has 0 radical (unpaired) electrons. The molecule has 61 heavy (non-hydrogen) atoms. The van der Waals surface area contributed by atoms with Crippen molar-refractivity contribution in [3.05, 3.63) is 87.9 Å². The molecule has 0 bridgehead atoms. The van der Waals surface area contributed by atoms with Gasteiger partial charge in [-0.05, 0) is 237 Å². The lowest BCUT2D eigenvalue weighted by Crippen LogP contribution is -2.44. The molecule has 9 aliphatic carbocycles. The first-order chi connectivity index (χ1) is 30.0. The van der Waals surface area contributed by atoms with Gasteiger partial charge in [0.1, 0.15) is 23.0 Å². The van der Waals surface area contributed by atoms with Crippen molar-refractivity contribution in [1.29, 1.82) is 0 Å². The van der Waals surface area contributed by atoms with Crippen molar-refractivity contribution in [3.8, 4) is 17.2 Å². The molecule has 3 aromatic rings. The second kappa shape index (κ2) is 15.4. The standard InChI is InChI=1S/C18H24O3.C18H24O2.C18H22O2.12H2/c1-18-7-6-13-12-5-3-11(19)8-10(12)2-4-14(13)15(18)9-16(20)17(18)21;2*1-18-9-8-14-13-5-3-12(19)10-11(13)2-4-15(14)16(18)6-7-17(18)20;;;;;;;;;;;;/h3,5,8,13-17,19-21H,2,4,6-7,9H2,1H3;3,5,10,14-17,19-20H,2,4,6-9H2,1H3;3,5,10,14-16,19H,2,4,6-9H2,1H3;12*1H/t13-,14-,15+,16-,17+,18+;14-,15-,16+,17?,18+;14-,15-,16+,18+;;;;;;;;;;;;/m111............/s1/i3D,8D;1+1,6+1,7+1,17+1,18+1;1+1,6+1,17+1,18+1;;;;;;;;;;;;. The number of rotatable bonds is 0. The van der Waals surface area contributed by atoms with E-state index in [1.807, 2.05) is 24.3 Å². The second-order valence-corrected chi connectivity index (χ2v) is 22.1. The van der Waals surface area contributed by atoms with Crippen molar-refractivity contribution >= 4 is 5.78 Å². The maximum atomic E-state index is 12.3. The SMILES string of the molecule is [13CH3][13C@]12CC[C@@H]3c4ccc(O)cc4CC[C@H]3[C@@H]1[13CH2]C[13C]2=O.[13CH3][13C@]12CC[C@@H]3c4ccc(O)cc4CC[C@H]3[C@@H]1[13CH2][13CH2][13CH]2O.[2H]c1cc2c(c([2H])c1O)CC[C@@H]1[C@@H]2CC[C@]2(C)[C@@H](O)[C@H](O)C[C@@H]12.[HH].[HH].[HH].[HH].[HH].[HH].[HH].[HH].[HH].[HH].[HH].[HH]. The Kier molecular flexibility index (Phi) is 9.90. The van der Waals surface area contributed by atoms with Crippen molar-refractivity contribution in [2.45, 2.75) is 166 Å². The summed E-state index contributed by atoms with van der Waals surface area (Å²) in [6.45, 7) is 6.64. The molecule has 7 heteroatoms. The Bertz CT molecular complexity index is 2320. The Morgan fingerprint density at radius 2 is 1.11 bits per heavy atom. The maximum Gasteiger partial charge on any atom is 0.139 e. The summed E-state index contributed by atoms with van der Waals surface area (Å²) in [4.78, 5) is 12.3. The number of Topliss-reactive ketones (excluding diaryl/α,β-unsaturated/α-hetero) is 1. The van der Waals surface area contributed by atoms with Gasteiger partial charge in [-0.2, -0.15) is 0 Å². The molecule has 0 heterocycles. The predicted octanol–water partition coefficient (Wildman–Crippen LogP) is 13.0. The Morgan fingerprint density at radius 3 is 1.75 bits per heavy atom. The van der Waals surface area contributed by atoms with Crippen LogP contribution in [0.3, 0.4) is 0 Å². The average Bonchev–Trinajstić information content (AvgIpc) is 3.84. The lowest BCUT2D eigenvalue weighted by Gasteiger charge is -2.50. The third kappa shape index (κ3) is 6.71. The monoisotopic (exact) mass is 866 g/mol. The van der Waals surface area contributed by atoms with Gasteiger partial charge in [0.05, 0.1) is 21.1 Å². The second-order valence-electron chi connectivity index (χ2n) is 22.1. The van der Waals surface area contributed by atoms with Gasteiger partial charge in [0, 0.05) is 29.0 Å². The fourth-order valence-corrected chi connectivity index (χ4v) is 16.3. The average molecular weight is 866 g/mol. The number of aryl methyl sites for hydroxylation is 2. The van der Waals surface area contributed by atoms with Gasteiger partial charge >= 0.3 is 0 Å². The minimum atomic E-state index is -0.645. The first-order valence-corrected chi connectivity index (χ1v) is 24.1. The number of phenols is 3. The molecule has 3 aromatic carbocycles. The van der Waals surface area contributed by atoms with Gasteiger partial charge in [-0.15, -0.1) is 0 Å². The molecular weight excluding hydrogens is 770 g/mol. The van der Waals surface area contributed by atoms with Gasteiger partial charge < -0.3 is 30.6 Å². The highest BCUT2D eigenvalue weighted by Gasteiger charge is 2.58. The molecule has 0 aliphatic heterocycles. The molecule has 0 aromatic heterocycles. The summed E-state index contributed by atoms with van der Waals surface area (Å²) < 4.78 is 16.0. The van der Waals surface area contributed by atoms with Crippen LogP contribution >= 0.6 is 0 Å². The predicted molar refractivity (Wildman–Crippen MR) is 262 cm³/mol. The number of hydrogen-bond donors (Lipinski definition) is 6. The van der Waals surface area contributed by atoms with E-state index in [0.717, 1.165) is 94.1 Å². The Labute approximate surface area is 383 Å². The Hall–Kier alpha value is -3.39. The first-order valence-electron chi connectivity index (χ1n) is 25.1. The molecule has 0 amide bonds. The van der Waals surface area contributed by atoms with Crippen LogP contribution in [-0.4, -0.2) is 54.7 Å². The number of benzene rings is 3. The molecule has 9 aliphatic rings. The zero-order valence-corrected chi connectivity index (χ0v) is 36.6. The fraction of sp³-hybridized carbons (Fsp3) is 0.648. The highest BCUT2D eigenvalue weighted by Crippen LogP contribution is 2.63. The molecular formula is C54H94O7. The summed E-state index contributed by atoms with van der Waals surface area (Å²) in [5.74, 6) is 6.02. The van der Waals surface area contributed by atoms with E-state index >= 15 is 0 Å². The summed E-state index contributed by atoms with van der Waals surface area (Å²) in [6, 6.07) is 13.7. The summed E-state index contributed by atoms with van der Waals surface area (Å²) in [5, 5.41) is 60.2. The zero-order chi connectivity index (χ0) is 44.3. The molecule has 0 saturated heterocycles. The largest absolute Gasteiger partial charge is 0.508 e. The van der Waals surface area contributed by atoms with Crippen LogP contribution in [-0.2, 0) is 24.1 Å². The Balaban J connectivity index is -0.000000962. The quantitative estimate of drug-likeness (QED) is 0.124. The number of carbonyl (C=O) groups excluding carboxylic acids is 1. The number of carbonyl (C=O) groups is 1. The van der Waals surface area contributed by atoms with Gasteiger partial charge in [0.15, 0.2) is 0 Å². The van der Waals surface area contributed by atoms with E-state index < -0.39 is 12.2 Å². The minimum Gasteiger partial charge on any atom is -0.508 e. The summed E-state index contributed by atoms with van der Waals surface area (Å²) in [5.41, 5.74) is 7.46. The lowest BCUT2D eigenvalue weighted by molar-refractivity contribution is -0.129. The molecule has 15 atom stereocenters. The number of hydrogen-bond acceptors (Lipinski definition) is 7. The molecule has 12 rings (SSSR count). The van der Waals surface area contributed by atoms with Gasteiger partial charge in [0.2, 0.25) is 0 Å². The number of aliphatic hydroxyl groups is 3. The van der Waals surface area contributed by atoms with Gasteiger partial charge in [-0.1, -0.05) is 39.0 Å². The summed E-state index contributed by atoms with van der Waals surface area (Å²) in [7, 11) is 0. The number of phenolic OH excluding ortho intramolecular Hbond substituents is 3. The van der Waals surface area contributed by atoms with E-state index in [-0.39, 0.29) is 69.1 Å². The zero-order valence-electron chi connectivity index (χ0n) is 38.6. The van der Waals surface area contributed by atoms with E-state index in [9.17, 15) is 35.4 Å². The summed E-state index contributed by atoms with van der Waals surface area (Å²) >= 11 is 0. The normalized spacial score (nSPS) is 42.7. The third-order valence-corrected chi connectivity index (χ3v) is 19.6. The maximum absolute atomic E-state index is 12.3. The molecule has 6 saturated carbocycles.